The number of hydrogen-bond donors (Lipinski definition) is 2. The second-order valence-corrected chi connectivity index (χ2v) is 8.36. The van der Waals surface area contributed by atoms with Crippen LogP contribution in [0.15, 0.2) is 35.3 Å². The lowest BCUT2D eigenvalue weighted by atomic mass is 9.88. The lowest BCUT2D eigenvalue weighted by molar-refractivity contribution is -0.00504. The summed E-state index contributed by atoms with van der Waals surface area (Å²) < 4.78 is 5.58. The molecule has 0 spiro atoms. The van der Waals surface area contributed by atoms with Gasteiger partial charge < -0.3 is 20.3 Å². The fourth-order valence-electron chi connectivity index (χ4n) is 4.33. The van der Waals surface area contributed by atoms with Gasteiger partial charge in [-0.15, -0.1) is 0 Å². The Kier molecular flexibility index (Phi) is 7.71. The highest BCUT2D eigenvalue weighted by molar-refractivity contribution is 5.80. The van der Waals surface area contributed by atoms with Crippen LogP contribution < -0.4 is 10.6 Å². The Balaban J connectivity index is 1.51. The van der Waals surface area contributed by atoms with Gasteiger partial charge in [0.1, 0.15) is 0 Å². The van der Waals surface area contributed by atoms with Crippen LogP contribution in [-0.2, 0) is 11.3 Å². The van der Waals surface area contributed by atoms with Crippen LogP contribution >= 0.6 is 0 Å². The number of ether oxygens (including phenoxy) is 1. The molecule has 0 aliphatic carbocycles. The third-order valence-electron chi connectivity index (χ3n) is 6.28. The molecule has 2 aliphatic heterocycles. The molecule has 0 aromatic heterocycles. The molecular weight excluding hydrogens is 350 g/mol. The first kappa shape index (κ1) is 21.1. The Morgan fingerprint density at radius 1 is 1.25 bits per heavy atom. The van der Waals surface area contributed by atoms with Gasteiger partial charge in [-0.2, -0.15) is 0 Å². The highest BCUT2D eigenvalue weighted by Crippen LogP contribution is 2.25. The lowest BCUT2D eigenvalue weighted by Crippen LogP contribution is -2.58. The monoisotopic (exact) mass is 387 g/mol. The number of benzene rings is 1. The van der Waals surface area contributed by atoms with Gasteiger partial charge in [0.05, 0.1) is 0 Å². The number of nitrogens with one attached hydrogen (secondary N) is 2. The van der Waals surface area contributed by atoms with Crippen molar-refractivity contribution in [1.82, 2.24) is 20.4 Å². The van der Waals surface area contributed by atoms with Crippen LogP contribution in [0.4, 0.5) is 0 Å². The molecule has 6 heteroatoms. The Bertz CT molecular complexity index is 613. The SMILES string of the molecule is CN=C(NCC1(N(C)C)CCOCC1)NC1CCCN(Cc2ccccc2)C1. The second-order valence-electron chi connectivity index (χ2n) is 8.36. The molecule has 2 heterocycles. The number of guanidine groups is 1. The van der Waals surface area contributed by atoms with Crippen LogP contribution in [0.25, 0.3) is 0 Å². The molecule has 3 rings (SSSR count). The third-order valence-corrected chi connectivity index (χ3v) is 6.28. The lowest BCUT2D eigenvalue weighted by Gasteiger charge is -2.43. The van der Waals surface area contributed by atoms with Crippen LogP contribution in [0.5, 0.6) is 0 Å². The molecule has 0 amide bonds. The minimum atomic E-state index is 0.141. The Hall–Kier alpha value is -1.63. The van der Waals surface area contributed by atoms with Gasteiger partial charge >= 0.3 is 0 Å². The summed E-state index contributed by atoms with van der Waals surface area (Å²) in [5.74, 6) is 0.916. The van der Waals surface area contributed by atoms with Gasteiger partial charge in [-0.1, -0.05) is 30.3 Å². The van der Waals surface area contributed by atoms with Gasteiger partial charge in [-0.05, 0) is 51.9 Å². The minimum absolute atomic E-state index is 0.141. The maximum absolute atomic E-state index is 5.58. The highest BCUT2D eigenvalue weighted by Gasteiger charge is 2.35. The van der Waals surface area contributed by atoms with E-state index in [1.807, 2.05) is 7.05 Å². The van der Waals surface area contributed by atoms with E-state index in [4.69, 9.17) is 4.74 Å². The molecule has 1 unspecified atom stereocenters. The first-order valence-corrected chi connectivity index (χ1v) is 10.6. The summed E-state index contributed by atoms with van der Waals surface area (Å²) >= 11 is 0. The summed E-state index contributed by atoms with van der Waals surface area (Å²) in [6.45, 7) is 5.81. The van der Waals surface area contributed by atoms with Crippen LogP contribution in [0.3, 0.4) is 0 Å². The van der Waals surface area contributed by atoms with E-state index < -0.39 is 0 Å². The smallest absolute Gasteiger partial charge is 0.191 e. The highest BCUT2D eigenvalue weighted by atomic mass is 16.5. The molecule has 0 radical (unpaired) electrons. The molecule has 1 aromatic rings. The zero-order valence-electron chi connectivity index (χ0n) is 17.8. The van der Waals surface area contributed by atoms with Gasteiger partial charge in [0.25, 0.3) is 0 Å². The average Bonchev–Trinajstić information content (AvgIpc) is 2.72. The summed E-state index contributed by atoms with van der Waals surface area (Å²) in [7, 11) is 6.21. The molecule has 2 saturated heterocycles. The Morgan fingerprint density at radius 2 is 2.00 bits per heavy atom. The van der Waals surface area contributed by atoms with Crippen LogP contribution in [0.2, 0.25) is 0 Å². The van der Waals surface area contributed by atoms with Gasteiger partial charge in [-0.3, -0.25) is 9.89 Å². The van der Waals surface area contributed by atoms with Crippen LogP contribution in [0, 0.1) is 0 Å². The normalized spacial score (nSPS) is 23.6. The zero-order chi connectivity index (χ0) is 19.8. The van der Waals surface area contributed by atoms with E-state index in [9.17, 15) is 0 Å². The van der Waals surface area contributed by atoms with E-state index in [1.54, 1.807) is 0 Å². The van der Waals surface area contributed by atoms with E-state index in [0.717, 1.165) is 51.6 Å². The number of nitrogens with zero attached hydrogens (tertiary/aromatic N) is 3. The Morgan fingerprint density at radius 3 is 2.68 bits per heavy atom. The van der Waals surface area contributed by atoms with Gasteiger partial charge in [0.15, 0.2) is 5.96 Å². The van der Waals surface area contributed by atoms with Gasteiger partial charge in [0.2, 0.25) is 0 Å². The maximum Gasteiger partial charge on any atom is 0.191 e. The van der Waals surface area contributed by atoms with Crippen molar-refractivity contribution in [2.75, 3.05) is 54.0 Å². The molecule has 156 valence electrons. The summed E-state index contributed by atoms with van der Waals surface area (Å²) in [5.41, 5.74) is 1.53. The molecule has 1 atom stereocenters. The predicted octanol–water partition coefficient (Wildman–Crippen LogP) is 1.93. The maximum atomic E-state index is 5.58. The molecule has 1 aromatic carbocycles. The van der Waals surface area contributed by atoms with Crippen molar-refractivity contribution in [3.8, 4) is 0 Å². The summed E-state index contributed by atoms with van der Waals surface area (Å²) in [6, 6.07) is 11.2. The number of likely N-dealkylation sites (N-methyl/N-ethyl adjacent to an activating group) is 1. The van der Waals surface area contributed by atoms with Crippen molar-refractivity contribution in [2.24, 2.45) is 4.99 Å². The fourth-order valence-corrected chi connectivity index (χ4v) is 4.33. The van der Waals surface area contributed by atoms with Crippen LogP contribution in [-0.4, -0.2) is 81.3 Å². The summed E-state index contributed by atoms with van der Waals surface area (Å²) in [6.07, 6.45) is 4.52. The van der Waals surface area contributed by atoms with Crippen molar-refractivity contribution in [3.05, 3.63) is 35.9 Å². The Labute approximate surface area is 170 Å². The zero-order valence-corrected chi connectivity index (χ0v) is 17.8. The number of rotatable bonds is 6. The van der Waals surface area contributed by atoms with Crippen molar-refractivity contribution in [1.29, 1.82) is 0 Å². The number of aliphatic imine (C=N–C) groups is 1. The molecule has 0 bridgehead atoms. The number of likely N-dealkylation sites (tertiary alicyclic amines) is 1. The molecule has 2 N–H and O–H groups in total. The van der Waals surface area contributed by atoms with Gasteiger partial charge in [0, 0.05) is 51.5 Å². The summed E-state index contributed by atoms with van der Waals surface area (Å²) in [4.78, 5) is 9.38. The van der Waals surface area contributed by atoms with Crippen LogP contribution in [0.1, 0.15) is 31.2 Å². The van der Waals surface area contributed by atoms with E-state index in [1.165, 1.54) is 24.9 Å². The van der Waals surface area contributed by atoms with E-state index in [-0.39, 0.29) is 5.54 Å². The molecule has 6 nitrogen and oxygen atoms in total. The molecule has 0 saturated carbocycles. The average molecular weight is 388 g/mol. The first-order valence-electron chi connectivity index (χ1n) is 10.6. The number of piperidine rings is 1. The topological polar surface area (TPSA) is 52.1 Å². The predicted molar refractivity (Wildman–Crippen MR) is 116 cm³/mol. The van der Waals surface area contributed by atoms with Crippen molar-refractivity contribution >= 4 is 5.96 Å². The fraction of sp³-hybridized carbons (Fsp3) is 0.682. The van der Waals surface area contributed by atoms with E-state index in [2.05, 4.69) is 69.9 Å². The van der Waals surface area contributed by atoms with E-state index >= 15 is 0 Å². The van der Waals surface area contributed by atoms with Gasteiger partial charge in [-0.25, -0.2) is 0 Å². The molecule has 2 fully saturated rings. The largest absolute Gasteiger partial charge is 0.381 e. The summed E-state index contributed by atoms with van der Waals surface area (Å²) in [5, 5.41) is 7.26. The standard InChI is InChI=1S/C22H37N5O/c1-23-21(24-18-22(26(2)3)11-14-28-15-12-22)25-20-10-7-13-27(17-20)16-19-8-5-4-6-9-19/h4-6,8-9,20H,7,10-18H2,1-3H3,(H2,23,24,25). The quantitative estimate of drug-likeness (QED) is 0.577. The molecule has 28 heavy (non-hydrogen) atoms. The van der Waals surface area contributed by atoms with E-state index in [0.29, 0.717) is 6.04 Å². The minimum Gasteiger partial charge on any atom is -0.381 e. The van der Waals surface area contributed by atoms with Crippen molar-refractivity contribution in [3.63, 3.8) is 0 Å². The van der Waals surface area contributed by atoms with Crippen molar-refractivity contribution < 1.29 is 4.74 Å². The second kappa shape index (κ2) is 10.2. The first-order chi connectivity index (χ1) is 13.6. The number of hydrogen-bond acceptors (Lipinski definition) is 4. The third kappa shape index (κ3) is 5.69. The molecular formula is C22H37N5O. The molecule has 2 aliphatic rings. The van der Waals surface area contributed by atoms with Crippen molar-refractivity contribution in [2.45, 2.75) is 43.8 Å².